The van der Waals surface area contributed by atoms with E-state index in [9.17, 15) is 0 Å². The standard InChI is InChI=1S/C11H16N2O/c1-9-3-2-6-13-11(9)14-10-4-7-12-8-5-10/h2-3,6,10,12H,4-5,7-8H2,1H3. The van der Waals surface area contributed by atoms with Crippen LogP contribution in [-0.2, 0) is 0 Å². The van der Waals surface area contributed by atoms with E-state index >= 15 is 0 Å². The number of nitrogens with one attached hydrogen (secondary N) is 1. The molecule has 1 aromatic rings. The van der Waals surface area contributed by atoms with Gasteiger partial charge in [0.1, 0.15) is 6.10 Å². The maximum atomic E-state index is 5.83. The number of hydrogen-bond acceptors (Lipinski definition) is 3. The smallest absolute Gasteiger partial charge is 0.216 e. The Kier molecular flexibility index (Phi) is 2.99. The summed E-state index contributed by atoms with van der Waals surface area (Å²) in [4.78, 5) is 4.23. The van der Waals surface area contributed by atoms with Crippen molar-refractivity contribution in [2.24, 2.45) is 0 Å². The molecule has 0 atom stereocenters. The molecule has 1 saturated heterocycles. The summed E-state index contributed by atoms with van der Waals surface area (Å²) in [6.07, 6.45) is 4.28. The Balaban J connectivity index is 1.99. The number of hydrogen-bond donors (Lipinski definition) is 1. The van der Waals surface area contributed by atoms with Gasteiger partial charge in [0.25, 0.3) is 0 Å². The molecule has 0 aromatic carbocycles. The molecule has 14 heavy (non-hydrogen) atoms. The second-order valence-electron chi connectivity index (χ2n) is 3.69. The third-order valence-electron chi connectivity index (χ3n) is 2.53. The lowest BCUT2D eigenvalue weighted by Gasteiger charge is -2.23. The van der Waals surface area contributed by atoms with Crippen LogP contribution in [0.1, 0.15) is 18.4 Å². The SMILES string of the molecule is Cc1cccnc1OC1CCNCC1. The van der Waals surface area contributed by atoms with Crippen molar-refractivity contribution in [3.63, 3.8) is 0 Å². The summed E-state index contributed by atoms with van der Waals surface area (Å²) < 4.78 is 5.83. The highest BCUT2D eigenvalue weighted by atomic mass is 16.5. The molecule has 0 amide bonds. The van der Waals surface area contributed by atoms with Gasteiger partial charge >= 0.3 is 0 Å². The molecule has 0 aliphatic carbocycles. The topological polar surface area (TPSA) is 34.1 Å². The normalized spacial score (nSPS) is 18.1. The molecule has 76 valence electrons. The van der Waals surface area contributed by atoms with Crippen LogP contribution in [0.3, 0.4) is 0 Å². The van der Waals surface area contributed by atoms with E-state index in [-0.39, 0.29) is 0 Å². The molecule has 2 rings (SSSR count). The average Bonchev–Trinajstić information content (AvgIpc) is 2.23. The Morgan fingerprint density at radius 2 is 2.21 bits per heavy atom. The Bertz CT molecular complexity index is 295. The van der Waals surface area contributed by atoms with Gasteiger partial charge in [-0.2, -0.15) is 0 Å². The lowest BCUT2D eigenvalue weighted by Crippen LogP contribution is -2.34. The van der Waals surface area contributed by atoms with E-state index < -0.39 is 0 Å². The van der Waals surface area contributed by atoms with Crippen molar-refractivity contribution < 1.29 is 4.74 Å². The first kappa shape index (κ1) is 9.46. The number of aryl methyl sites for hydroxylation is 1. The fourth-order valence-corrected chi connectivity index (χ4v) is 1.67. The highest BCUT2D eigenvalue weighted by Gasteiger charge is 2.15. The molecule has 1 aromatic heterocycles. The summed E-state index contributed by atoms with van der Waals surface area (Å²) in [7, 11) is 0. The van der Waals surface area contributed by atoms with Gasteiger partial charge in [0.15, 0.2) is 0 Å². The quantitative estimate of drug-likeness (QED) is 0.771. The number of ether oxygens (including phenoxy) is 1. The van der Waals surface area contributed by atoms with Gasteiger partial charge in [-0.05, 0) is 38.9 Å². The van der Waals surface area contributed by atoms with E-state index in [1.807, 2.05) is 19.1 Å². The van der Waals surface area contributed by atoms with Crippen LogP contribution in [0.25, 0.3) is 0 Å². The maximum absolute atomic E-state index is 5.83. The van der Waals surface area contributed by atoms with Crippen LogP contribution in [0.5, 0.6) is 5.88 Å². The predicted octanol–water partition coefficient (Wildman–Crippen LogP) is 1.52. The van der Waals surface area contributed by atoms with E-state index in [1.165, 1.54) is 0 Å². The highest BCUT2D eigenvalue weighted by Crippen LogP contribution is 2.17. The van der Waals surface area contributed by atoms with Gasteiger partial charge in [0, 0.05) is 11.8 Å². The minimum atomic E-state index is 0.338. The van der Waals surface area contributed by atoms with Crippen LogP contribution in [-0.4, -0.2) is 24.2 Å². The monoisotopic (exact) mass is 192 g/mol. The van der Waals surface area contributed by atoms with Gasteiger partial charge in [-0.15, -0.1) is 0 Å². The van der Waals surface area contributed by atoms with E-state index in [4.69, 9.17) is 4.74 Å². The van der Waals surface area contributed by atoms with Gasteiger partial charge in [0.2, 0.25) is 5.88 Å². The molecule has 0 radical (unpaired) electrons. The van der Waals surface area contributed by atoms with Crippen molar-refractivity contribution >= 4 is 0 Å². The van der Waals surface area contributed by atoms with Crippen molar-refractivity contribution in [1.29, 1.82) is 0 Å². The fourth-order valence-electron chi connectivity index (χ4n) is 1.67. The lowest BCUT2D eigenvalue weighted by molar-refractivity contribution is 0.155. The molecule has 3 heteroatoms. The molecule has 2 heterocycles. The van der Waals surface area contributed by atoms with Crippen molar-refractivity contribution in [3.05, 3.63) is 23.9 Å². The summed E-state index contributed by atoms with van der Waals surface area (Å²) >= 11 is 0. The molecular formula is C11H16N2O. The number of nitrogens with zero attached hydrogens (tertiary/aromatic N) is 1. The van der Waals surface area contributed by atoms with Crippen LogP contribution >= 0.6 is 0 Å². The van der Waals surface area contributed by atoms with Crippen molar-refractivity contribution in [1.82, 2.24) is 10.3 Å². The molecule has 0 bridgehead atoms. The Morgan fingerprint density at radius 3 is 2.93 bits per heavy atom. The molecule has 1 aliphatic heterocycles. The number of pyridine rings is 1. The maximum Gasteiger partial charge on any atom is 0.216 e. The molecule has 0 unspecified atom stereocenters. The highest BCUT2D eigenvalue weighted by molar-refractivity contribution is 5.23. The summed E-state index contributed by atoms with van der Waals surface area (Å²) in [5.74, 6) is 0.791. The third kappa shape index (κ3) is 2.23. The van der Waals surface area contributed by atoms with Gasteiger partial charge in [-0.3, -0.25) is 0 Å². The Labute approximate surface area is 84.5 Å². The van der Waals surface area contributed by atoms with Crippen LogP contribution in [0, 0.1) is 6.92 Å². The molecule has 1 N–H and O–H groups in total. The van der Waals surface area contributed by atoms with Gasteiger partial charge < -0.3 is 10.1 Å². The van der Waals surface area contributed by atoms with Crippen molar-refractivity contribution in [2.75, 3.05) is 13.1 Å². The van der Waals surface area contributed by atoms with Crippen LogP contribution < -0.4 is 10.1 Å². The minimum Gasteiger partial charge on any atom is -0.474 e. The van der Waals surface area contributed by atoms with Gasteiger partial charge in [-0.25, -0.2) is 4.98 Å². The lowest BCUT2D eigenvalue weighted by atomic mass is 10.1. The van der Waals surface area contributed by atoms with Crippen LogP contribution in [0.15, 0.2) is 18.3 Å². The molecule has 1 fully saturated rings. The molecule has 0 spiro atoms. The average molecular weight is 192 g/mol. The second-order valence-corrected chi connectivity index (χ2v) is 3.69. The predicted molar refractivity (Wildman–Crippen MR) is 55.5 cm³/mol. The first-order chi connectivity index (χ1) is 6.86. The zero-order chi connectivity index (χ0) is 9.80. The summed E-state index contributed by atoms with van der Waals surface area (Å²) in [6, 6.07) is 3.97. The van der Waals surface area contributed by atoms with Crippen molar-refractivity contribution in [2.45, 2.75) is 25.9 Å². The second kappa shape index (κ2) is 4.42. The first-order valence-electron chi connectivity index (χ1n) is 5.15. The molecule has 0 saturated carbocycles. The van der Waals surface area contributed by atoms with E-state index in [0.717, 1.165) is 37.4 Å². The van der Waals surface area contributed by atoms with E-state index in [1.54, 1.807) is 6.20 Å². The first-order valence-corrected chi connectivity index (χ1v) is 5.15. The zero-order valence-electron chi connectivity index (χ0n) is 8.49. The van der Waals surface area contributed by atoms with E-state index in [0.29, 0.717) is 6.10 Å². The van der Waals surface area contributed by atoms with Crippen LogP contribution in [0.2, 0.25) is 0 Å². The number of aromatic nitrogens is 1. The zero-order valence-corrected chi connectivity index (χ0v) is 8.49. The molecule has 1 aliphatic rings. The minimum absolute atomic E-state index is 0.338. The number of piperidine rings is 1. The Morgan fingerprint density at radius 1 is 1.43 bits per heavy atom. The van der Waals surface area contributed by atoms with Crippen molar-refractivity contribution in [3.8, 4) is 5.88 Å². The third-order valence-corrected chi connectivity index (χ3v) is 2.53. The summed E-state index contributed by atoms with van der Waals surface area (Å²) in [6.45, 7) is 4.14. The van der Waals surface area contributed by atoms with Gasteiger partial charge in [-0.1, -0.05) is 6.07 Å². The molecular weight excluding hydrogens is 176 g/mol. The molecule has 3 nitrogen and oxygen atoms in total. The fraction of sp³-hybridized carbons (Fsp3) is 0.545. The van der Waals surface area contributed by atoms with Gasteiger partial charge in [0.05, 0.1) is 0 Å². The largest absolute Gasteiger partial charge is 0.474 e. The Hall–Kier alpha value is -1.09. The van der Waals surface area contributed by atoms with Crippen LogP contribution in [0.4, 0.5) is 0 Å². The summed E-state index contributed by atoms with van der Waals surface area (Å²) in [5, 5.41) is 3.31. The number of rotatable bonds is 2. The summed E-state index contributed by atoms with van der Waals surface area (Å²) in [5.41, 5.74) is 1.12. The van der Waals surface area contributed by atoms with E-state index in [2.05, 4.69) is 10.3 Å².